The third-order valence-electron chi connectivity index (χ3n) is 4.59. The highest BCUT2D eigenvalue weighted by molar-refractivity contribution is 14.1. The van der Waals surface area contributed by atoms with Gasteiger partial charge in [0, 0.05) is 41.9 Å². The molecule has 0 N–H and O–H groups in total. The summed E-state index contributed by atoms with van der Waals surface area (Å²) < 4.78 is 11.9. The second-order valence-corrected chi connectivity index (χ2v) is 7.51. The number of ether oxygens (including phenoxy) is 2. The molecule has 2 aliphatic heterocycles. The number of carbonyl (C=O) groups is 1. The largest absolute Gasteiger partial charge is 0.454 e. The van der Waals surface area contributed by atoms with Crippen LogP contribution < -0.4 is 9.47 Å². The molecule has 1 fully saturated rings. The molecule has 0 bridgehead atoms. The number of benzene rings is 2. The fraction of sp³-hybridized carbons (Fsp3) is 0.316. The normalized spacial score (nSPS) is 16.9. The maximum atomic E-state index is 12.6. The molecule has 0 radical (unpaired) electrons. The van der Waals surface area contributed by atoms with E-state index in [0.717, 1.165) is 53.4 Å². The molecule has 130 valence electrons. The Hall–Kier alpha value is -1.80. The lowest BCUT2D eigenvalue weighted by atomic mass is 10.1. The Kier molecular flexibility index (Phi) is 4.80. The van der Waals surface area contributed by atoms with Crippen molar-refractivity contribution in [2.24, 2.45) is 0 Å². The summed E-state index contributed by atoms with van der Waals surface area (Å²) in [6, 6.07) is 13.9. The van der Waals surface area contributed by atoms with Gasteiger partial charge in [0.05, 0.1) is 0 Å². The molecule has 6 heteroatoms. The molecule has 4 rings (SSSR count). The molecular formula is C19H19IN2O3. The fourth-order valence-corrected chi connectivity index (χ4v) is 3.54. The van der Waals surface area contributed by atoms with Crippen molar-refractivity contribution in [2.45, 2.75) is 6.54 Å². The molecule has 0 aliphatic carbocycles. The molecule has 1 saturated heterocycles. The maximum absolute atomic E-state index is 12.6. The zero-order valence-corrected chi connectivity index (χ0v) is 15.9. The van der Waals surface area contributed by atoms with E-state index in [0.29, 0.717) is 6.79 Å². The lowest BCUT2D eigenvalue weighted by Gasteiger charge is -2.34. The van der Waals surface area contributed by atoms with Crippen LogP contribution in [0, 0.1) is 3.57 Å². The highest BCUT2D eigenvalue weighted by atomic mass is 127. The van der Waals surface area contributed by atoms with Gasteiger partial charge >= 0.3 is 0 Å². The summed E-state index contributed by atoms with van der Waals surface area (Å²) >= 11 is 2.25. The van der Waals surface area contributed by atoms with Crippen LogP contribution >= 0.6 is 22.6 Å². The first-order valence-electron chi connectivity index (χ1n) is 8.35. The average molecular weight is 450 g/mol. The topological polar surface area (TPSA) is 42.0 Å². The summed E-state index contributed by atoms with van der Waals surface area (Å²) in [6.07, 6.45) is 0. The molecule has 2 aliphatic rings. The summed E-state index contributed by atoms with van der Waals surface area (Å²) in [4.78, 5) is 16.9. The van der Waals surface area contributed by atoms with Crippen LogP contribution in [-0.4, -0.2) is 48.7 Å². The molecule has 2 heterocycles. The van der Waals surface area contributed by atoms with Gasteiger partial charge in [-0.25, -0.2) is 0 Å². The smallest absolute Gasteiger partial charge is 0.253 e. The van der Waals surface area contributed by atoms with E-state index < -0.39 is 0 Å². The first kappa shape index (κ1) is 16.7. The monoisotopic (exact) mass is 450 g/mol. The van der Waals surface area contributed by atoms with E-state index in [1.807, 2.05) is 41.3 Å². The van der Waals surface area contributed by atoms with Crippen LogP contribution in [0.1, 0.15) is 15.9 Å². The van der Waals surface area contributed by atoms with Gasteiger partial charge in [-0.15, -0.1) is 0 Å². The van der Waals surface area contributed by atoms with Crippen LogP contribution in [0.25, 0.3) is 0 Å². The summed E-state index contributed by atoms with van der Waals surface area (Å²) in [5.41, 5.74) is 1.98. The Morgan fingerprint density at radius 1 is 0.960 bits per heavy atom. The van der Waals surface area contributed by atoms with Crippen molar-refractivity contribution in [1.82, 2.24) is 9.80 Å². The first-order valence-corrected chi connectivity index (χ1v) is 9.43. The maximum Gasteiger partial charge on any atom is 0.253 e. The van der Waals surface area contributed by atoms with Crippen molar-refractivity contribution in [3.8, 4) is 11.5 Å². The van der Waals surface area contributed by atoms with Gasteiger partial charge in [0.1, 0.15) is 0 Å². The van der Waals surface area contributed by atoms with Gasteiger partial charge in [-0.3, -0.25) is 9.69 Å². The van der Waals surface area contributed by atoms with E-state index in [4.69, 9.17) is 9.47 Å². The van der Waals surface area contributed by atoms with E-state index in [1.54, 1.807) is 0 Å². The molecule has 1 amide bonds. The molecule has 0 aromatic heterocycles. The Morgan fingerprint density at radius 2 is 1.68 bits per heavy atom. The van der Waals surface area contributed by atoms with Gasteiger partial charge in [-0.2, -0.15) is 0 Å². The van der Waals surface area contributed by atoms with Crippen molar-refractivity contribution in [2.75, 3.05) is 33.0 Å². The second kappa shape index (κ2) is 7.21. The summed E-state index contributed by atoms with van der Waals surface area (Å²) in [5, 5.41) is 0. The van der Waals surface area contributed by atoms with E-state index in [2.05, 4.69) is 33.6 Å². The minimum Gasteiger partial charge on any atom is -0.454 e. The van der Waals surface area contributed by atoms with Crippen LogP contribution in [0.2, 0.25) is 0 Å². The average Bonchev–Trinajstić information content (AvgIpc) is 3.10. The number of rotatable bonds is 3. The quantitative estimate of drug-likeness (QED) is 0.675. The Morgan fingerprint density at radius 3 is 2.44 bits per heavy atom. The molecule has 0 spiro atoms. The number of hydrogen-bond donors (Lipinski definition) is 0. The first-order chi connectivity index (χ1) is 12.2. The number of hydrogen-bond acceptors (Lipinski definition) is 4. The third-order valence-corrected chi connectivity index (χ3v) is 5.31. The highest BCUT2D eigenvalue weighted by Crippen LogP contribution is 2.32. The lowest BCUT2D eigenvalue weighted by molar-refractivity contribution is 0.0628. The van der Waals surface area contributed by atoms with Crippen molar-refractivity contribution < 1.29 is 14.3 Å². The molecule has 5 nitrogen and oxygen atoms in total. The van der Waals surface area contributed by atoms with Gasteiger partial charge in [0.25, 0.3) is 5.91 Å². The summed E-state index contributed by atoms with van der Waals surface area (Å²) in [5.74, 6) is 1.76. The van der Waals surface area contributed by atoms with Gasteiger partial charge in [0.15, 0.2) is 11.5 Å². The van der Waals surface area contributed by atoms with Crippen LogP contribution in [0.5, 0.6) is 11.5 Å². The zero-order chi connectivity index (χ0) is 17.2. The molecule has 0 unspecified atom stereocenters. The van der Waals surface area contributed by atoms with Crippen LogP contribution in [0.4, 0.5) is 0 Å². The van der Waals surface area contributed by atoms with Gasteiger partial charge < -0.3 is 14.4 Å². The van der Waals surface area contributed by atoms with Crippen molar-refractivity contribution >= 4 is 28.5 Å². The molecule has 25 heavy (non-hydrogen) atoms. The minimum absolute atomic E-state index is 0.124. The minimum atomic E-state index is 0.124. The molecule has 2 aromatic rings. The highest BCUT2D eigenvalue weighted by Gasteiger charge is 2.22. The molecule has 0 saturated carbocycles. The van der Waals surface area contributed by atoms with E-state index in [9.17, 15) is 4.79 Å². The second-order valence-electron chi connectivity index (χ2n) is 6.26. The van der Waals surface area contributed by atoms with Gasteiger partial charge in [0.2, 0.25) is 6.79 Å². The van der Waals surface area contributed by atoms with E-state index in [1.165, 1.54) is 5.56 Å². The van der Waals surface area contributed by atoms with Gasteiger partial charge in [-0.05, 0) is 64.6 Å². The van der Waals surface area contributed by atoms with Crippen LogP contribution in [0.15, 0.2) is 42.5 Å². The van der Waals surface area contributed by atoms with Crippen LogP contribution in [0.3, 0.4) is 0 Å². The molecular weight excluding hydrogens is 431 g/mol. The van der Waals surface area contributed by atoms with E-state index >= 15 is 0 Å². The third kappa shape index (κ3) is 3.74. The predicted octanol–water partition coefficient (Wildman–Crippen LogP) is 2.98. The lowest BCUT2D eigenvalue weighted by Crippen LogP contribution is -2.48. The number of amides is 1. The Balaban J connectivity index is 1.33. The fourth-order valence-electron chi connectivity index (χ4n) is 3.18. The van der Waals surface area contributed by atoms with Gasteiger partial charge in [-0.1, -0.05) is 6.07 Å². The standard InChI is InChI=1S/C19H19IN2O3/c20-16-4-2-15(3-5-16)19(23)22-9-7-21(8-10-22)12-14-1-6-17-18(11-14)25-13-24-17/h1-6,11H,7-10,12-13H2. The summed E-state index contributed by atoms with van der Waals surface area (Å²) in [6.45, 7) is 4.44. The molecule has 2 aromatic carbocycles. The number of piperazine rings is 1. The molecule has 0 atom stereocenters. The Labute approximate surface area is 160 Å². The number of nitrogens with zero attached hydrogens (tertiary/aromatic N) is 2. The van der Waals surface area contributed by atoms with Crippen molar-refractivity contribution in [3.63, 3.8) is 0 Å². The SMILES string of the molecule is O=C(c1ccc(I)cc1)N1CCN(Cc2ccc3c(c2)OCO3)CC1. The van der Waals surface area contributed by atoms with Crippen molar-refractivity contribution in [3.05, 3.63) is 57.2 Å². The number of fused-ring (bicyclic) bond motifs is 1. The number of carbonyl (C=O) groups excluding carboxylic acids is 1. The van der Waals surface area contributed by atoms with E-state index in [-0.39, 0.29) is 5.91 Å². The predicted molar refractivity (Wildman–Crippen MR) is 103 cm³/mol. The van der Waals surface area contributed by atoms with Crippen molar-refractivity contribution in [1.29, 1.82) is 0 Å². The summed E-state index contributed by atoms with van der Waals surface area (Å²) in [7, 11) is 0. The Bertz CT molecular complexity index is 771. The van der Waals surface area contributed by atoms with Crippen LogP contribution in [-0.2, 0) is 6.54 Å². The zero-order valence-electron chi connectivity index (χ0n) is 13.8. The number of halogens is 1.